The van der Waals surface area contributed by atoms with Crippen LogP contribution in [0.1, 0.15) is 75.2 Å². The molecule has 4 aliphatic heterocycles. The van der Waals surface area contributed by atoms with E-state index in [0.29, 0.717) is 19.6 Å². The molecule has 0 aliphatic carbocycles. The number of carbonyl (C=O) groups is 3. The second-order valence-electron chi connectivity index (χ2n) is 14.3. The molecule has 2 fully saturated rings. The first-order valence-corrected chi connectivity index (χ1v) is 14.6. The summed E-state index contributed by atoms with van der Waals surface area (Å²) in [5.41, 5.74) is -2.86. The van der Waals surface area contributed by atoms with E-state index in [1.165, 1.54) is 0 Å². The molecule has 2 saturated heterocycles. The smallest absolute Gasteiger partial charge is 0.249 e. The molecule has 6 atom stereocenters. The molecule has 4 rings (SSSR count). The molecule has 0 radical (unpaired) electrons. The van der Waals surface area contributed by atoms with Gasteiger partial charge in [0.2, 0.25) is 17.7 Å². The topological polar surface area (TPSA) is 90.4 Å². The first-order valence-electron chi connectivity index (χ1n) is 14.6. The SMILES string of the molecule is CCCN1CC=C[C@@]2(C)O[C@]34C=CCN(C(C)(C)CC(C)(C)C)C(=O)C3N([C@@H](CO)C(C)C)C(=O)[C@@H]4[C@H]2C1=O. The van der Waals surface area contributed by atoms with Gasteiger partial charge in [-0.25, -0.2) is 0 Å². The van der Waals surface area contributed by atoms with E-state index >= 15 is 0 Å². The molecule has 4 heterocycles. The molecule has 3 amide bonds. The summed E-state index contributed by atoms with van der Waals surface area (Å²) < 4.78 is 6.92. The number of nitrogens with zero attached hydrogens (tertiary/aromatic N) is 3. The molecule has 8 heteroatoms. The van der Waals surface area contributed by atoms with E-state index in [1.54, 1.807) is 9.80 Å². The molecule has 4 aliphatic rings. The monoisotopic (exact) mass is 543 g/mol. The normalized spacial score (nSPS) is 33.9. The van der Waals surface area contributed by atoms with Crippen molar-refractivity contribution in [2.45, 2.75) is 104 Å². The highest BCUT2D eigenvalue weighted by Crippen LogP contribution is 2.58. The van der Waals surface area contributed by atoms with Crippen LogP contribution in [0.15, 0.2) is 24.3 Å². The third-order valence-corrected chi connectivity index (χ3v) is 9.08. The Morgan fingerprint density at radius 2 is 1.64 bits per heavy atom. The van der Waals surface area contributed by atoms with Crippen LogP contribution in [-0.4, -0.2) is 92.6 Å². The highest BCUT2D eigenvalue weighted by Gasteiger charge is 2.75. The first kappa shape index (κ1) is 29.8. The number of ether oxygens (including phenoxy) is 1. The van der Waals surface area contributed by atoms with Gasteiger partial charge < -0.3 is 24.5 Å². The maximum Gasteiger partial charge on any atom is 0.249 e. The van der Waals surface area contributed by atoms with E-state index < -0.39 is 40.7 Å². The van der Waals surface area contributed by atoms with Crippen molar-refractivity contribution in [2.24, 2.45) is 23.2 Å². The number of rotatable bonds is 7. The van der Waals surface area contributed by atoms with Crippen LogP contribution >= 0.6 is 0 Å². The fraction of sp³-hybridized carbons (Fsp3) is 0.774. The fourth-order valence-corrected chi connectivity index (χ4v) is 7.90. The summed E-state index contributed by atoms with van der Waals surface area (Å²) in [6.45, 7) is 19.6. The van der Waals surface area contributed by atoms with Crippen molar-refractivity contribution in [3.8, 4) is 0 Å². The minimum absolute atomic E-state index is 0.0265. The van der Waals surface area contributed by atoms with Crippen LogP contribution in [0, 0.1) is 23.2 Å². The van der Waals surface area contributed by atoms with Crippen molar-refractivity contribution >= 4 is 17.7 Å². The summed E-state index contributed by atoms with van der Waals surface area (Å²) in [4.78, 5) is 48.6. The van der Waals surface area contributed by atoms with Gasteiger partial charge in [0.1, 0.15) is 11.6 Å². The van der Waals surface area contributed by atoms with E-state index in [4.69, 9.17) is 4.74 Å². The molecule has 0 aromatic heterocycles. The van der Waals surface area contributed by atoms with E-state index in [2.05, 4.69) is 34.6 Å². The standard InChI is InChI=1S/C31H49N3O5/c1-10-15-32-16-11-13-30(9)22(25(32)36)23-26(37)34(21(18-35)20(2)3)24-27(38)33(17-12-14-31(23,24)39-30)29(7,8)19-28(4,5)6/h11-14,20-24,35H,10,15-19H2,1-9H3/t21-,22-,23-,24?,30+,31-/m0/s1. The number of amides is 3. The lowest BCUT2D eigenvalue weighted by molar-refractivity contribution is -0.160. The third kappa shape index (κ3) is 4.75. The van der Waals surface area contributed by atoms with Crippen molar-refractivity contribution < 1.29 is 24.2 Å². The van der Waals surface area contributed by atoms with Crippen LogP contribution in [0.25, 0.3) is 0 Å². The quantitative estimate of drug-likeness (QED) is 0.497. The molecule has 218 valence electrons. The Hall–Kier alpha value is -2.19. The van der Waals surface area contributed by atoms with Crippen molar-refractivity contribution in [2.75, 3.05) is 26.2 Å². The van der Waals surface area contributed by atoms with Gasteiger partial charge in [0, 0.05) is 25.2 Å². The molecule has 8 nitrogen and oxygen atoms in total. The van der Waals surface area contributed by atoms with Gasteiger partial charge in [0.15, 0.2) is 0 Å². The lowest BCUT2D eigenvalue weighted by Crippen LogP contribution is -2.62. The van der Waals surface area contributed by atoms with Gasteiger partial charge in [-0.3, -0.25) is 14.4 Å². The number of hydrogen-bond donors (Lipinski definition) is 1. The molecule has 0 aromatic carbocycles. The van der Waals surface area contributed by atoms with Crippen LogP contribution in [0.5, 0.6) is 0 Å². The number of likely N-dealkylation sites (tertiary alicyclic amines) is 1. The summed E-state index contributed by atoms with van der Waals surface area (Å²) in [7, 11) is 0. The summed E-state index contributed by atoms with van der Waals surface area (Å²) in [6, 6.07) is -1.55. The highest BCUT2D eigenvalue weighted by atomic mass is 16.5. The summed E-state index contributed by atoms with van der Waals surface area (Å²) >= 11 is 0. The predicted octanol–water partition coefficient (Wildman–Crippen LogP) is 3.40. The van der Waals surface area contributed by atoms with Crippen molar-refractivity contribution in [3.63, 3.8) is 0 Å². The Bertz CT molecular complexity index is 1060. The lowest BCUT2D eigenvalue weighted by atomic mass is 9.74. The van der Waals surface area contributed by atoms with Crippen LogP contribution in [0.3, 0.4) is 0 Å². The zero-order valence-corrected chi connectivity index (χ0v) is 25.4. The molecular formula is C31H49N3O5. The minimum atomic E-state index is -1.31. The Kier molecular flexibility index (Phi) is 7.65. The van der Waals surface area contributed by atoms with Gasteiger partial charge in [-0.1, -0.05) is 65.8 Å². The molecule has 1 unspecified atom stereocenters. The Morgan fingerprint density at radius 1 is 1.00 bits per heavy atom. The number of fused-ring (bicyclic) bond motifs is 2. The second-order valence-corrected chi connectivity index (χ2v) is 14.3. The largest absolute Gasteiger partial charge is 0.394 e. The van der Waals surface area contributed by atoms with Crippen molar-refractivity contribution in [1.82, 2.24) is 14.7 Å². The van der Waals surface area contributed by atoms with Gasteiger partial charge in [-0.05, 0) is 44.9 Å². The van der Waals surface area contributed by atoms with Crippen LogP contribution in [0.2, 0.25) is 0 Å². The van der Waals surface area contributed by atoms with E-state index in [1.807, 2.05) is 56.9 Å². The Labute approximate surface area is 234 Å². The van der Waals surface area contributed by atoms with Gasteiger partial charge in [-0.15, -0.1) is 0 Å². The van der Waals surface area contributed by atoms with Gasteiger partial charge >= 0.3 is 0 Å². The van der Waals surface area contributed by atoms with E-state index in [9.17, 15) is 19.5 Å². The van der Waals surface area contributed by atoms with E-state index in [0.717, 1.165) is 12.8 Å². The Morgan fingerprint density at radius 3 is 2.21 bits per heavy atom. The molecule has 1 spiro atoms. The minimum Gasteiger partial charge on any atom is -0.394 e. The Balaban J connectivity index is 1.90. The zero-order chi connectivity index (χ0) is 29.1. The summed E-state index contributed by atoms with van der Waals surface area (Å²) in [5, 5.41) is 10.5. The fourth-order valence-electron chi connectivity index (χ4n) is 7.90. The van der Waals surface area contributed by atoms with Crippen LogP contribution < -0.4 is 0 Å². The average Bonchev–Trinajstić information content (AvgIpc) is 3.06. The first-order chi connectivity index (χ1) is 18.0. The second kappa shape index (κ2) is 10.0. The van der Waals surface area contributed by atoms with E-state index in [-0.39, 0.29) is 35.7 Å². The average molecular weight is 544 g/mol. The van der Waals surface area contributed by atoms with Crippen LogP contribution in [0.4, 0.5) is 0 Å². The van der Waals surface area contributed by atoms with Gasteiger partial charge in [0.25, 0.3) is 0 Å². The molecule has 0 bridgehead atoms. The molecule has 1 N–H and O–H groups in total. The maximum atomic E-state index is 14.7. The molecule has 0 saturated carbocycles. The molecule has 39 heavy (non-hydrogen) atoms. The van der Waals surface area contributed by atoms with Crippen molar-refractivity contribution in [1.29, 1.82) is 0 Å². The maximum absolute atomic E-state index is 14.7. The highest BCUT2D eigenvalue weighted by molar-refractivity contribution is 6.00. The zero-order valence-electron chi connectivity index (χ0n) is 25.4. The van der Waals surface area contributed by atoms with Crippen molar-refractivity contribution in [3.05, 3.63) is 24.3 Å². The summed E-state index contributed by atoms with van der Waals surface area (Å²) in [6.07, 6.45) is 9.28. The third-order valence-electron chi connectivity index (χ3n) is 9.08. The number of aliphatic hydroxyl groups excluding tert-OH is 1. The number of hydrogen-bond acceptors (Lipinski definition) is 5. The van der Waals surface area contributed by atoms with Crippen LogP contribution in [-0.2, 0) is 19.1 Å². The summed E-state index contributed by atoms with van der Waals surface area (Å²) in [5.74, 6) is -2.30. The predicted molar refractivity (Wildman–Crippen MR) is 151 cm³/mol. The molecular weight excluding hydrogens is 494 g/mol. The van der Waals surface area contributed by atoms with Gasteiger partial charge in [-0.2, -0.15) is 0 Å². The lowest BCUT2D eigenvalue weighted by Gasteiger charge is -2.46. The molecule has 0 aromatic rings. The van der Waals surface area contributed by atoms with Gasteiger partial charge in [0.05, 0.1) is 30.1 Å². The number of carbonyl (C=O) groups excluding carboxylic acids is 3. The number of aliphatic hydroxyl groups is 1.